The van der Waals surface area contributed by atoms with E-state index in [1.807, 2.05) is 6.92 Å². The first-order valence-electron chi connectivity index (χ1n) is 6.63. The van der Waals surface area contributed by atoms with E-state index in [2.05, 4.69) is 5.32 Å². The van der Waals surface area contributed by atoms with Gasteiger partial charge in [0.25, 0.3) is 11.8 Å². The molecule has 2 amide bonds. The third kappa shape index (κ3) is 3.09. The quantitative estimate of drug-likeness (QED) is 0.515. The third-order valence-electron chi connectivity index (χ3n) is 3.10. The van der Waals surface area contributed by atoms with Gasteiger partial charge < -0.3 is 9.47 Å². The molecule has 0 atom stereocenters. The summed E-state index contributed by atoms with van der Waals surface area (Å²) in [5, 5.41) is 2.56. The fourth-order valence-electron chi connectivity index (χ4n) is 1.96. The molecule has 1 aliphatic rings. The number of carbonyl (C=O) groups excluding carboxylic acids is 2. The lowest BCUT2D eigenvalue weighted by Crippen LogP contribution is -2.52. The minimum Gasteiger partial charge on any atom is -0.493 e. The summed E-state index contributed by atoms with van der Waals surface area (Å²) in [6.07, 6.45) is 1.50. The Morgan fingerprint density at radius 3 is 2.68 bits per heavy atom. The fraction of sp³-hybridized carbons (Fsp3) is 0.267. The maximum Gasteiger partial charge on any atom is 0.265 e. The standard InChI is InChI=1S/C15H16N2O4S/c1-4-21-12-8-9(5-6-11(12)20-3)7-10-13(18)16-15(22)17(2)14(10)19/h5-8H,4H2,1-3H3,(H,16,18,22)/b10-7+. The normalized spacial score (nSPS) is 16.8. The fourth-order valence-corrected chi connectivity index (χ4v) is 2.14. The molecule has 1 aromatic rings. The number of methoxy groups -OCH3 is 1. The van der Waals surface area contributed by atoms with Crippen LogP contribution in [-0.4, -0.2) is 42.6 Å². The SMILES string of the molecule is CCOc1cc(/C=C2\C(=O)NC(=S)N(C)C2=O)ccc1OC. The molecule has 0 aliphatic carbocycles. The van der Waals surface area contributed by atoms with E-state index in [9.17, 15) is 9.59 Å². The molecular weight excluding hydrogens is 304 g/mol. The van der Waals surface area contributed by atoms with E-state index in [4.69, 9.17) is 21.7 Å². The van der Waals surface area contributed by atoms with Crippen LogP contribution in [0.5, 0.6) is 11.5 Å². The molecule has 2 rings (SSSR count). The Hall–Kier alpha value is -2.41. The van der Waals surface area contributed by atoms with E-state index in [-0.39, 0.29) is 10.7 Å². The van der Waals surface area contributed by atoms with Crippen LogP contribution in [0.3, 0.4) is 0 Å². The minimum absolute atomic E-state index is 0.0173. The van der Waals surface area contributed by atoms with Gasteiger partial charge in [-0.05, 0) is 42.9 Å². The Bertz CT molecular complexity index is 670. The number of benzene rings is 1. The van der Waals surface area contributed by atoms with Crippen molar-refractivity contribution in [1.82, 2.24) is 10.2 Å². The second-order valence-electron chi connectivity index (χ2n) is 4.52. The van der Waals surface area contributed by atoms with E-state index < -0.39 is 11.8 Å². The van der Waals surface area contributed by atoms with E-state index >= 15 is 0 Å². The van der Waals surface area contributed by atoms with Crippen molar-refractivity contribution >= 4 is 35.2 Å². The molecule has 1 heterocycles. The lowest BCUT2D eigenvalue weighted by molar-refractivity contribution is -0.128. The summed E-state index contributed by atoms with van der Waals surface area (Å²) in [4.78, 5) is 25.3. The molecule has 0 bridgehead atoms. The molecule has 1 aliphatic heterocycles. The lowest BCUT2D eigenvalue weighted by atomic mass is 10.1. The van der Waals surface area contributed by atoms with Crippen LogP contribution in [0.2, 0.25) is 0 Å². The molecule has 0 radical (unpaired) electrons. The van der Waals surface area contributed by atoms with Gasteiger partial charge in [-0.25, -0.2) is 0 Å². The molecule has 22 heavy (non-hydrogen) atoms. The van der Waals surface area contributed by atoms with Gasteiger partial charge in [-0.3, -0.25) is 19.8 Å². The van der Waals surface area contributed by atoms with E-state index in [1.54, 1.807) is 25.3 Å². The van der Waals surface area contributed by atoms with Gasteiger partial charge in [-0.2, -0.15) is 0 Å². The van der Waals surface area contributed by atoms with Crippen molar-refractivity contribution in [2.75, 3.05) is 20.8 Å². The Kier molecular flexibility index (Phi) is 4.77. The first kappa shape index (κ1) is 16.0. The molecule has 6 nitrogen and oxygen atoms in total. The average molecular weight is 320 g/mol. The number of nitrogens with zero attached hydrogens (tertiary/aromatic N) is 1. The number of hydrogen-bond donors (Lipinski definition) is 1. The maximum absolute atomic E-state index is 12.1. The highest BCUT2D eigenvalue weighted by Gasteiger charge is 2.30. The number of ether oxygens (including phenoxy) is 2. The van der Waals surface area contributed by atoms with Gasteiger partial charge in [0.05, 0.1) is 13.7 Å². The van der Waals surface area contributed by atoms with Gasteiger partial charge in [-0.15, -0.1) is 0 Å². The monoisotopic (exact) mass is 320 g/mol. The molecular formula is C15H16N2O4S. The zero-order valence-corrected chi connectivity index (χ0v) is 13.3. The van der Waals surface area contributed by atoms with Crippen molar-refractivity contribution in [3.63, 3.8) is 0 Å². The summed E-state index contributed by atoms with van der Waals surface area (Å²) in [5.74, 6) is 0.179. The summed E-state index contributed by atoms with van der Waals surface area (Å²) < 4.78 is 10.7. The summed E-state index contributed by atoms with van der Waals surface area (Å²) in [7, 11) is 3.06. The number of thiocarbonyl (C=S) groups is 1. The molecule has 1 aromatic carbocycles. The van der Waals surface area contributed by atoms with Gasteiger partial charge in [0.2, 0.25) is 0 Å². The van der Waals surface area contributed by atoms with Gasteiger partial charge in [0.15, 0.2) is 16.6 Å². The Labute approximate surface area is 133 Å². The van der Waals surface area contributed by atoms with Gasteiger partial charge in [-0.1, -0.05) is 6.07 Å². The highest BCUT2D eigenvalue weighted by Crippen LogP contribution is 2.29. The largest absolute Gasteiger partial charge is 0.493 e. The van der Waals surface area contributed by atoms with Crippen LogP contribution in [0.1, 0.15) is 12.5 Å². The van der Waals surface area contributed by atoms with Crippen LogP contribution in [0.25, 0.3) is 6.08 Å². The topological polar surface area (TPSA) is 67.9 Å². The summed E-state index contributed by atoms with van der Waals surface area (Å²) in [6.45, 7) is 2.34. The van der Waals surface area contributed by atoms with Gasteiger partial charge in [0.1, 0.15) is 5.57 Å². The molecule has 0 aromatic heterocycles. The molecule has 1 N–H and O–H groups in total. The average Bonchev–Trinajstić information content (AvgIpc) is 2.50. The molecule has 0 unspecified atom stereocenters. The second-order valence-corrected chi connectivity index (χ2v) is 4.91. The molecule has 0 saturated carbocycles. The number of hydrogen-bond acceptors (Lipinski definition) is 5. The number of likely N-dealkylation sites (N-methyl/N-ethyl adjacent to an activating group) is 1. The van der Waals surface area contributed by atoms with Crippen molar-refractivity contribution in [3.05, 3.63) is 29.3 Å². The van der Waals surface area contributed by atoms with Crippen molar-refractivity contribution in [2.24, 2.45) is 0 Å². The van der Waals surface area contributed by atoms with E-state index in [0.717, 1.165) is 0 Å². The maximum atomic E-state index is 12.1. The van der Waals surface area contributed by atoms with Gasteiger partial charge >= 0.3 is 0 Å². The van der Waals surface area contributed by atoms with Crippen molar-refractivity contribution in [2.45, 2.75) is 6.92 Å². The predicted molar refractivity (Wildman–Crippen MR) is 85.7 cm³/mol. The zero-order chi connectivity index (χ0) is 16.3. The Morgan fingerprint density at radius 2 is 2.05 bits per heavy atom. The number of amides is 2. The second kappa shape index (κ2) is 6.57. The molecule has 7 heteroatoms. The highest BCUT2D eigenvalue weighted by molar-refractivity contribution is 7.80. The third-order valence-corrected chi connectivity index (χ3v) is 3.48. The minimum atomic E-state index is -0.512. The molecule has 0 spiro atoms. The zero-order valence-electron chi connectivity index (χ0n) is 12.5. The number of rotatable bonds is 4. The smallest absolute Gasteiger partial charge is 0.265 e. The summed E-state index contributed by atoms with van der Waals surface area (Å²) in [6, 6.07) is 5.17. The first-order valence-corrected chi connectivity index (χ1v) is 7.04. The number of carbonyl (C=O) groups is 2. The van der Waals surface area contributed by atoms with Crippen LogP contribution in [0, 0.1) is 0 Å². The first-order chi connectivity index (χ1) is 10.5. The van der Waals surface area contributed by atoms with Crippen LogP contribution >= 0.6 is 12.2 Å². The highest BCUT2D eigenvalue weighted by atomic mass is 32.1. The Balaban J connectivity index is 2.39. The molecule has 1 saturated heterocycles. The van der Waals surface area contributed by atoms with E-state index in [0.29, 0.717) is 23.7 Å². The van der Waals surface area contributed by atoms with Crippen LogP contribution < -0.4 is 14.8 Å². The number of nitrogens with one attached hydrogen (secondary N) is 1. The summed E-state index contributed by atoms with van der Waals surface area (Å²) >= 11 is 4.90. The molecule has 116 valence electrons. The van der Waals surface area contributed by atoms with Crippen LogP contribution in [0.4, 0.5) is 0 Å². The van der Waals surface area contributed by atoms with Crippen LogP contribution in [0.15, 0.2) is 23.8 Å². The summed E-state index contributed by atoms with van der Waals surface area (Å²) in [5.41, 5.74) is 0.674. The van der Waals surface area contributed by atoms with Crippen molar-refractivity contribution in [3.8, 4) is 11.5 Å². The van der Waals surface area contributed by atoms with Crippen molar-refractivity contribution in [1.29, 1.82) is 0 Å². The van der Waals surface area contributed by atoms with Gasteiger partial charge in [0, 0.05) is 7.05 Å². The van der Waals surface area contributed by atoms with E-state index in [1.165, 1.54) is 18.0 Å². The lowest BCUT2D eigenvalue weighted by Gasteiger charge is -2.25. The van der Waals surface area contributed by atoms with Crippen LogP contribution in [-0.2, 0) is 9.59 Å². The van der Waals surface area contributed by atoms with Crippen molar-refractivity contribution < 1.29 is 19.1 Å². The Morgan fingerprint density at radius 1 is 1.32 bits per heavy atom. The molecule has 1 fully saturated rings. The predicted octanol–water partition coefficient (Wildman–Crippen LogP) is 1.35.